The molecule has 0 radical (unpaired) electrons. The van der Waals surface area contributed by atoms with Gasteiger partial charge in [0, 0.05) is 11.3 Å². The standard InChI is InChI=1S/C30H48O3/c1-18(2)15-20(31)16-19(3)21-11-12-30(8)26-24(32)17-23-22(9-10-25(33)27(23,4)5)28(26,6)13-14-29(21,30)7/h15,17,19-22,25-26,31,33H,9-14,16H2,1-8H3. The molecule has 9 unspecified atom stereocenters. The van der Waals surface area contributed by atoms with E-state index >= 15 is 0 Å². The maximum absolute atomic E-state index is 13.9. The SMILES string of the molecule is CC(C)=CC(O)CC(C)C1CCC2(C)C3C(=O)C=C4C(CCC(O)C4(C)C)C3(C)CCC12C. The Morgan fingerprint density at radius 2 is 1.73 bits per heavy atom. The number of hydrogen-bond donors (Lipinski definition) is 2. The average Bonchev–Trinajstić information content (AvgIpc) is 2.96. The topological polar surface area (TPSA) is 57.5 Å². The summed E-state index contributed by atoms with van der Waals surface area (Å²) in [6.45, 7) is 18.0. The first-order valence-electron chi connectivity index (χ1n) is 13.5. The van der Waals surface area contributed by atoms with Crippen LogP contribution in [0.3, 0.4) is 0 Å². The zero-order chi connectivity index (χ0) is 24.6. The Hall–Kier alpha value is -0.930. The molecule has 4 aliphatic rings. The van der Waals surface area contributed by atoms with E-state index in [1.807, 2.05) is 26.0 Å². The van der Waals surface area contributed by atoms with E-state index in [1.54, 1.807) is 0 Å². The summed E-state index contributed by atoms with van der Waals surface area (Å²) in [6.07, 6.45) is 10.4. The van der Waals surface area contributed by atoms with Crippen LogP contribution in [0, 0.1) is 45.3 Å². The first kappa shape index (κ1) is 25.2. The summed E-state index contributed by atoms with van der Waals surface area (Å²) in [7, 11) is 0. The fourth-order valence-corrected chi connectivity index (χ4v) is 9.44. The predicted octanol–water partition coefficient (Wildman–Crippen LogP) is 6.48. The number of aliphatic hydroxyl groups excluding tert-OH is 2. The summed E-state index contributed by atoms with van der Waals surface area (Å²) < 4.78 is 0. The van der Waals surface area contributed by atoms with Crippen molar-refractivity contribution in [3.8, 4) is 0 Å². The molecule has 0 aliphatic heterocycles. The lowest BCUT2D eigenvalue weighted by molar-refractivity contribution is -0.164. The molecule has 9 atom stereocenters. The highest BCUT2D eigenvalue weighted by Crippen LogP contribution is 2.74. The fraction of sp³-hybridized carbons (Fsp3) is 0.833. The lowest BCUT2D eigenvalue weighted by Crippen LogP contribution is -2.61. The third-order valence-corrected chi connectivity index (χ3v) is 11.5. The second-order valence-electron chi connectivity index (χ2n) is 13.8. The van der Waals surface area contributed by atoms with Crippen molar-refractivity contribution in [3.63, 3.8) is 0 Å². The molecule has 0 saturated heterocycles. The molecule has 0 spiro atoms. The largest absolute Gasteiger partial charge is 0.392 e. The van der Waals surface area contributed by atoms with Crippen LogP contribution in [0.5, 0.6) is 0 Å². The van der Waals surface area contributed by atoms with E-state index in [1.165, 1.54) is 11.1 Å². The lowest BCUT2D eigenvalue weighted by atomic mass is 9.39. The van der Waals surface area contributed by atoms with Gasteiger partial charge in [-0.1, -0.05) is 58.8 Å². The molecule has 0 aromatic heterocycles. The molecule has 0 aromatic carbocycles. The Morgan fingerprint density at radius 3 is 2.36 bits per heavy atom. The number of carbonyl (C=O) groups is 1. The van der Waals surface area contributed by atoms with Crippen LogP contribution in [-0.4, -0.2) is 28.2 Å². The van der Waals surface area contributed by atoms with Crippen LogP contribution in [0.15, 0.2) is 23.3 Å². The fourth-order valence-electron chi connectivity index (χ4n) is 9.44. The summed E-state index contributed by atoms with van der Waals surface area (Å²) in [5, 5.41) is 21.3. The molecule has 3 heteroatoms. The molecule has 4 rings (SSSR count). The van der Waals surface area contributed by atoms with Gasteiger partial charge >= 0.3 is 0 Å². The second kappa shape index (κ2) is 8.05. The Kier molecular flexibility index (Phi) is 6.14. The monoisotopic (exact) mass is 456 g/mol. The van der Waals surface area contributed by atoms with Crippen LogP contribution < -0.4 is 0 Å². The van der Waals surface area contributed by atoms with Crippen molar-refractivity contribution in [3.05, 3.63) is 23.3 Å². The van der Waals surface area contributed by atoms with Gasteiger partial charge in [-0.05, 0) is 98.9 Å². The van der Waals surface area contributed by atoms with Gasteiger partial charge in [-0.25, -0.2) is 0 Å². The average molecular weight is 457 g/mol. The third kappa shape index (κ3) is 3.54. The van der Waals surface area contributed by atoms with E-state index in [9.17, 15) is 15.0 Å². The maximum atomic E-state index is 13.9. The minimum Gasteiger partial charge on any atom is -0.392 e. The van der Waals surface area contributed by atoms with E-state index < -0.39 is 0 Å². The van der Waals surface area contributed by atoms with Crippen LogP contribution >= 0.6 is 0 Å². The molecule has 0 heterocycles. The Bertz CT molecular complexity index is 864. The Labute approximate surface area is 202 Å². The molecule has 2 N–H and O–H groups in total. The van der Waals surface area contributed by atoms with Crippen molar-refractivity contribution in [2.24, 2.45) is 45.3 Å². The van der Waals surface area contributed by atoms with Crippen molar-refractivity contribution < 1.29 is 15.0 Å². The van der Waals surface area contributed by atoms with E-state index in [0.717, 1.165) is 44.9 Å². The van der Waals surface area contributed by atoms with Crippen LogP contribution in [0.1, 0.15) is 100 Å². The molecular formula is C30H48O3. The van der Waals surface area contributed by atoms with Crippen LogP contribution in [0.25, 0.3) is 0 Å². The number of aliphatic hydroxyl groups is 2. The van der Waals surface area contributed by atoms with Crippen molar-refractivity contribution in [2.75, 3.05) is 0 Å². The quantitative estimate of drug-likeness (QED) is 0.476. The molecule has 3 saturated carbocycles. The summed E-state index contributed by atoms with van der Waals surface area (Å²) in [4.78, 5) is 13.9. The zero-order valence-electron chi connectivity index (χ0n) is 22.4. The van der Waals surface area contributed by atoms with E-state index in [4.69, 9.17) is 0 Å². The highest BCUT2D eigenvalue weighted by molar-refractivity contribution is 5.95. The van der Waals surface area contributed by atoms with E-state index in [0.29, 0.717) is 23.5 Å². The molecule has 3 fully saturated rings. The van der Waals surface area contributed by atoms with Gasteiger partial charge in [0.25, 0.3) is 0 Å². The zero-order valence-corrected chi connectivity index (χ0v) is 22.4. The smallest absolute Gasteiger partial charge is 0.159 e. The molecule has 0 bridgehead atoms. The number of allylic oxidation sites excluding steroid dienone is 2. The van der Waals surface area contributed by atoms with E-state index in [2.05, 4.69) is 41.5 Å². The highest BCUT2D eigenvalue weighted by atomic mass is 16.3. The molecule has 0 amide bonds. The van der Waals surface area contributed by atoms with Gasteiger partial charge < -0.3 is 10.2 Å². The molecule has 0 aromatic rings. The normalized spacial score (nSPS) is 45.9. The van der Waals surface area contributed by atoms with Gasteiger partial charge in [-0.15, -0.1) is 0 Å². The number of rotatable bonds is 4. The number of ketones is 1. The summed E-state index contributed by atoms with van der Waals surface area (Å²) >= 11 is 0. The van der Waals surface area contributed by atoms with Gasteiger partial charge in [-0.3, -0.25) is 4.79 Å². The van der Waals surface area contributed by atoms with Crippen LogP contribution in [0.4, 0.5) is 0 Å². The van der Waals surface area contributed by atoms with Gasteiger partial charge in [0.15, 0.2) is 5.78 Å². The molecule has 4 aliphatic carbocycles. The molecule has 3 nitrogen and oxygen atoms in total. The second-order valence-corrected chi connectivity index (χ2v) is 13.8. The molecule has 186 valence electrons. The lowest BCUT2D eigenvalue weighted by Gasteiger charge is -2.65. The van der Waals surface area contributed by atoms with Crippen molar-refractivity contribution in [1.29, 1.82) is 0 Å². The third-order valence-electron chi connectivity index (χ3n) is 11.5. The Balaban J connectivity index is 1.68. The molecule has 33 heavy (non-hydrogen) atoms. The number of fused-ring (bicyclic) bond motifs is 5. The van der Waals surface area contributed by atoms with Gasteiger partial charge in [0.2, 0.25) is 0 Å². The highest BCUT2D eigenvalue weighted by Gasteiger charge is 2.69. The first-order valence-corrected chi connectivity index (χ1v) is 13.5. The number of carbonyl (C=O) groups excluding carboxylic acids is 1. The van der Waals surface area contributed by atoms with Crippen molar-refractivity contribution in [2.45, 2.75) is 113 Å². The first-order chi connectivity index (χ1) is 15.2. The van der Waals surface area contributed by atoms with Crippen LogP contribution in [-0.2, 0) is 4.79 Å². The van der Waals surface area contributed by atoms with Crippen molar-refractivity contribution >= 4 is 5.78 Å². The maximum Gasteiger partial charge on any atom is 0.159 e. The van der Waals surface area contributed by atoms with Crippen molar-refractivity contribution in [1.82, 2.24) is 0 Å². The minimum absolute atomic E-state index is 0.0142. The van der Waals surface area contributed by atoms with E-state index in [-0.39, 0.29) is 39.8 Å². The summed E-state index contributed by atoms with van der Waals surface area (Å²) in [5.74, 6) is 1.74. The van der Waals surface area contributed by atoms with Crippen LogP contribution in [0.2, 0.25) is 0 Å². The van der Waals surface area contributed by atoms with Gasteiger partial charge in [0.05, 0.1) is 12.2 Å². The summed E-state index contributed by atoms with van der Waals surface area (Å²) in [5.41, 5.74) is 2.15. The Morgan fingerprint density at radius 1 is 1.06 bits per heavy atom. The van der Waals surface area contributed by atoms with Gasteiger partial charge in [-0.2, -0.15) is 0 Å². The molecular weight excluding hydrogens is 408 g/mol. The number of hydrogen-bond acceptors (Lipinski definition) is 3. The minimum atomic E-state index is -0.382. The van der Waals surface area contributed by atoms with Gasteiger partial charge in [0.1, 0.15) is 0 Å². The predicted molar refractivity (Wildman–Crippen MR) is 135 cm³/mol. The summed E-state index contributed by atoms with van der Waals surface area (Å²) in [6, 6.07) is 0.